The minimum atomic E-state index is -4.61. The number of furan rings is 1. The second-order valence-corrected chi connectivity index (χ2v) is 6.26. The molecule has 0 saturated heterocycles. The molecule has 2 heterocycles. The first-order chi connectivity index (χ1) is 14.5. The zero-order valence-electron chi connectivity index (χ0n) is 15.7. The summed E-state index contributed by atoms with van der Waals surface area (Å²) < 4.78 is 82.4. The number of nitrogens with one attached hydrogen (secondary N) is 1. The standard InChI is InChI=1S/C19H13F6N5O/c1-30(12-5-2-4-11(8-12)19(23,24)25)16-13(9-26)15(14-6-3-7-31-14)28-17(29-16)27-10-18(20,21)22/h2-8H,10H2,1H3,(H,27,28,29). The van der Waals surface area contributed by atoms with Crippen LogP contribution in [0.4, 0.5) is 43.8 Å². The van der Waals surface area contributed by atoms with Crippen molar-refractivity contribution >= 4 is 17.5 Å². The van der Waals surface area contributed by atoms with Gasteiger partial charge in [-0.25, -0.2) is 4.98 Å². The van der Waals surface area contributed by atoms with Crippen LogP contribution in [0.1, 0.15) is 11.1 Å². The normalized spacial score (nSPS) is 11.8. The molecular formula is C19H13F6N5O. The average molecular weight is 441 g/mol. The van der Waals surface area contributed by atoms with E-state index < -0.39 is 30.4 Å². The quantitative estimate of drug-likeness (QED) is 0.537. The highest BCUT2D eigenvalue weighted by atomic mass is 19.4. The van der Waals surface area contributed by atoms with Gasteiger partial charge in [0, 0.05) is 12.7 Å². The minimum absolute atomic E-state index is 0.0113. The van der Waals surface area contributed by atoms with Gasteiger partial charge in [-0.05, 0) is 30.3 Å². The van der Waals surface area contributed by atoms with E-state index in [0.717, 1.165) is 23.1 Å². The SMILES string of the molecule is CN(c1cccc(C(F)(F)F)c1)c1nc(NCC(F)(F)F)nc(-c2ccco2)c1C#N. The number of nitrogens with zero attached hydrogens (tertiary/aromatic N) is 4. The molecule has 1 aromatic carbocycles. The van der Waals surface area contributed by atoms with Crippen LogP contribution in [-0.4, -0.2) is 29.7 Å². The summed E-state index contributed by atoms with van der Waals surface area (Å²) in [6, 6.07) is 8.97. The molecule has 0 aliphatic heterocycles. The third-order valence-electron chi connectivity index (χ3n) is 4.08. The van der Waals surface area contributed by atoms with Gasteiger partial charge in [0.05, 0.1) is 11.8 Å². The molecule has 0 amide bonds. The Bertz CT molecular complexity index is 1100. The highest BCUT2D eigenvalue weighted by Gasteiger charge is 2.31. The van der Waals surface area contributed by atoms with Gasteiger partial charge >= 0.3 is 12.4 Å². The lowest BCUT2D eigenvalue weighted by Crippen LogP contribution is -2.23. The minimum Gasteiger partial charge on any atom is -0.463 e. The zero-order valence-corrected chi connectivity index (χ0v) is 15.7. The van der Waals surface area contributed by atoms with Crippen LogP contribution in [0.3, 0.4) is 0 Å². The smallest absolute Gasteiger partial charge is 0.416 e. The first-order valence-corrected chi connectivity index (χ1v) is 8.57. The Morgan fingerprint density at radius 3 is 2.42 bits per heavy atom. The van der Waals surface area contributed by atoms with Crippen LogP contribution in [0.15, 0.2) is 47.1 Å². The van der Waals surface area contributed by atoms with E-state index in [4.69, 9.17) is 4.42 Å². The summed E-state index contributed by atoms with van der Waals surface area (Å²) in [7, 11) is 1.33. The molecule has 0 aliphatic rings. The molecule has 0 fully saturated rings. The maximum Gasteiger partial charge on any atom is 0.416 e. The molecule has 0 unspecified atom stereocenters. The first-order valence-electron chi connectivity index (χ1n) is 8.57. The van der Waals surface area contributed by atoms with Crippen molar-refractivity contribution in [3.05, 3.63) is 53.8 Å². The summed E-state index contributed by atoms with van der Waals surface area (Å²) in [5.41, 5.74) is -1.23. The van der Waals surface area contributed by atoms with Gasteiger partial charge in [0.25, 0.3) is 0 Å². The van der Waals surface area contributed by atoms with E-state index in [1.807, 2.05) is 11.4 Å². The van der Waals surface area contributed by atoms with Crippen molar-refractivity contribution in [2.45, 2.75) is 12.4 Å². The molecule has 3 rings (SSSR count). The van der Waals surface area contributed by atoms with E-state index in [2.05, 4.69) is 9.97 Å². The van der Waals surface area contributed by atoms with Crippen molar-refractivity contribution in [2.24, 2.45) is 0 Å². The average Bonchev–Trinajstić information content (AvgIpc) is 3.24. The molecule has 3 aromatic rings. The molecule has 0 bridgehead atoms. The third-order valence-corrected chi connectivity index (χ3v) is 4.08. The van der Waals surface area contributed by atoms with Crippen molar-refractivity contribution < 1.29 is 30.8 Å². The third kappa shape index (κ3) is 5.06. The predicted molar refractivity (Wildman–Crippen MR) is 98.5 cm³/mol. The van der Waals surface area contributed by atoms with Gasteiger partial charge in [-0.3, -0.25) is 0 Å². The molecule has 0 saturated carbocycles. The molecule has 31 heavy (non-hydrogen) atoms. The van der Waals surface area contributed by atoms with Crippen LogP contribution in [0.25, 0.3) is 11.5 Å². The van der Waals surface area contributed by atoms with E-state index in [0.29, 0.717) is 0 Å². The fourth-order valence-corrected chi connectivity index (χ4v) is 2.66. The number of alkyl halides is 6. The molecule has 0 atom stereocenters. The van der Waals surface area contributed by atoms with Crippen molar-refractivity contribution in [3.63, 3.8) is 0 Å². The van der Waals surface area contributed by atoms with Crippen molar-refractivity contribution in [1.82, 2.24) is 9.97 Å². The van der Waals surface area contributed by atoms with E-state index in [1.165, 1.54) is 31.5 Å². The molecule has 0 radical (unpaired) electrons. The van der Waals surface area contributed by atoms with Crippen LogP contribution in [0, 0.1) is 11.3 Å². The number of hydrogen-bond acceptors (Lipinski definition) is 6. The monoisotopic (exact) mass is 441 g/mol. The lowest BCUT2D eigenvalue weighted by atomic mass is 10.1. The van der Waals surface area contributed by atoms with Crippen LogP contribution in [-0.2, 0) is 6.18 Å². The Balaban J connectivity index is 2.14. The van der Waals surface area contributed by atoms with Crippen LogP contribution < -0.4 is 10.2 Å². The van der Waals surface area contributed by atoms with Gasteiger partial charge in [0.15, 0.2) is 11.6 Å². The lowest BCUT2D eigenvalue weighted by Gasteiger charge is -2.22. The number of halogens is 6. The number of hydrogen-bond donors (Lipinski definition) is 1. The Morgan fingerprint density at radius 1 is 1.10 bits per heavy atom. The van der Waals surface area contributed by atoms with Gasteiger partial charge < -0.3 is 14.6 Å². The number of rotatable bonds is 5. The first kappa shape index (κ1) is 21.9. The zero-order chi connectivity index (χ0) is 22.8. The van der Waals surface area contributed by atoms with Crippen LogP contribution in [0.5, 0.6) is 0 Å². The van der Waals surface area contributed by atoms with Gasteiger partial charge in [-0.2, -0.15) is 36.6 Å². The van der Waals surface area contributed by atoms with E-state index in [9.17, 15) is 31.6 Å². The molecule has 0 spiro atoms. The summed E-state index contributed by atoms with van der Waals surface area (Å²) in [5.74, 6) is -0.600. The van der Waals surface area contributed by atoms with Gasteiger partial charge in [0.1, 0.15) is 23.9 Å². The predicted octanol–water partition coefficient (Wildman–Crippen LogP) is 5.37. The molecule has 6 nitrogen and oxygen atoms in total. The number of anilines is 3. The largest absolute Gasteiger partial charge is 0.463 e. The van der Waals surface area contributed by atoms with E-state index in [1.54, 1.807) is 0 Å². The van der Waals surface area contributed by atoms with Crippen LogP contribution >= 0.6 is 0 Å². The highest BCUT2D eigenvalue weighted by Crippen LogP contribution is 2.36. The topological polar surface area (TPSA) is 78.0 Å². The van der Waals surface area contributed by atoms with Crippen molar-refractivity contribution in [3.8, 4) is 17.5 Å². The molecule has 12 heteroatoms. The molecular weight excluding hydrogens is 428 g/mol. The summed E-state index contributed by atoms with van der Waals surface area (Å²) >= 11 is 0. The maximum atomic E-state index is 13.1. The second-order valence-electron chi connectivity index (χ2n) is 6.26. The molecule has 1 N–H and O–H groups in total. The van der Waals surface area contributed by atoms with Crippen LogP contribution in [0.2, 0.25) is 0 Å². The number of aromatic nitrogens is 2. The molecule has 0 aliphatic carbocycles. The fraction of sp³-hybridized carbons (Fsp3) is 0.211. The van der Waals surface area contributed by atoms with Gasteiger partial charge in [0.2, 0.25) is 5.95 Å². The molecule has 2 aromatic heterocycles. The highest BCUT2D eigenvalue weighted by molar-refractivity contribution is 5.75. The summed E-state index contributed by atoms with van der Waals surface area (Å²) in [4.78, 5) is 9.03. The summed E-state index contributed by atoms with van der Waals surface area (Å²) in [6.45, 7) is -1.46. The Hall–Kier alpha value is -3.75. The van der Waals surface area contributed by atoms with Gasteiger partial charge in [-0.15, -0.1) is 0 Å². The number of benzene rings is 1. The summed E-state index contributed by atoms with van der Waals surface area (Å²) in [5, 5.41) is 11.7. The second kappa shape index (κ2) is 8.17. The molecule has 162 valence electrons. The number of nitriles is 1. The fourth-order valence-electron chi connectivity index (χ4n) is 2.66. The Labute approximate surface area is 171 Å². The van der Waals surface area contributed by atoms with Gasteiger partial charge in [-0.1, -0.05) is 6.07 Å². The summed E-state index contributed by atoms with van der Waals surface area (Å²) in [6.07, 6.45) is -7.91. The maximum absolute atomic E-state index is 13.1. The van der Waals surface area contributed by atoms with Crippen molar-refractivity contribution in [1.29, 1.82) is 5.26 Å². The van der Waals surface area contributed by atoms with Crippen molar-refractivity contribution in [2.75, 3.05) is 23.8 Å². The Morgan fingerprint density at radius 2 is 1.84 bits per heavy atom. The van der Waals surface area contributed by atoms with E-state index >= 15 is 0 Å². The Kier molecular flexibility index (Phi) is 5.79. The lowest BCUT2D eigenvalue weighted by molar-refractivity contribution is -0.137. The van der Waals surface area contributed by atoms with E-state index in [-0.39, 0.29) is 28.5 Å².